The average molecular weight is 602 g/mol. The van der Waals surface area contributed by atoms with E-state index in [1.807, 2.05) is 0 Å². The van der Waals surface area contributed by atoms with E-state index in [0.29, 0.717) is 53.8 Å². The fourth-order valence-corrected chi connectivity index (χ4v) is 5.03. The van der Waals surface area contributed by atoms with Gasteiger partial charge in [0.05, 0.1) is 33.2 Å². The zero-order valence-electron chi connectivity index (χ0n) is 19.8. The van der Waals surface area contributed by atoms with Gasteiger partial charge in [-0.05, 0) is 59.7 Å². The summed E-state index contributed by atoms with van der Waals surface area (Å²) in [6.45, 7) is 0.335. The van der Waals surface area contributed by atoms with Crippen molar-refractivity contribution in [2.24, 2.45) is 0 Å². The summed E-state index contributed by atoms with van der Waals surface area (Å²) >= 11 is 24.5. The first-order chi connectivity index (χ1) is 18.8. The topological polar surface area (TPSA) is 79.5 Å². The predicted octanol–water partition coefficient (Wildman–Crippen LogP) is 8.00. The third kappa shape index (κ3) is 4.83. The second-order valence-electron chi connectivity index (χ2n) is 8.71. The van der Waals surface area contributed by atoms with Crippen LogP contribution in [-0.4, -0.2) is 9.13 Å². The van der Waals surface area contributed by atoms with E-state index < -0.39 is 11.5 Å². The summed E-state index contributed by atoms with van der Waals surface area (Å²) in [5, 5.41) is 1.57. The molecule has 196 valence electrons. The summed E-state index contributed by atoms with van der Waals surface area (Å²) < 4.78 is 20.2. The standard InChI is InChI=1S/C28H16Cl4N2O5/c29-17-9-7-15(11-19(17)31)13-33-25-21(3-1-5-23(25)38-27(33)35)37-22-4-2-6-24-26(22)34(28(36)39-24)14-16-8-10-18(30)20(32)12-16/h1-12H,13-14H2. The fraction of sp³-hybridized carbons (Fsp3) is 0.0714. The van der Waals surface area contributed by atoms with Crippen molar-refractivity contribution in [3.63, 3.8) is 0 Å². The summed E-state index contributed by atoms with van der Waals surface area (Å²) in [6, 6.07) is 20.4. The van der Waals surface area contributed by atoms with E-state index in [4.69, 9.17) is 60.0 Å². The number of fused-ring (bicyclic) bond motifs is 2. The Balaban J connectivity index is 1.44. The smallest absolute Gasteiger partial charge is 0.420 e. The molecule has 0 bridgehead atoms. The lowest BCUT2D eigenvalue weighted by Gasteiger charge is -2.12. The number of oxazole rings is 2. The number of para-hydroxylation sites is 2. The molecule has 11 heteroatoms. The summed E-state index contributed by atoms with van der Waals surface area (Å²) in [5.41, 5.74) is 3.04. The molecule has 6 rings (SSSR count). The van der Waals surface area contributed by atoms with Gasteiger partial charge in [-0.1, -0.05) is 70.7 Å². The number of hydrogen-bond donors (Lipinski definition) is 0. The second-order valence-corrected chi connectivity index (χ2v) is 10.3. The molecule has 0 N–H and O–H groups in total. The Morgan fingerprint density at radius 1 is 0.590 bits per heavy atom. The minimum atomic E-state index is -0.565. The van der Waals surface area contributed by atoms with E-state index in [1.165, 1.54) is 9.13 Å². The molecule has 4 aromatic carbocycles. The van der Waals surface area contributed by atoms with E-state index >= 15 is 0 Å². The van der Waals surface area contributed by atoms with Gasteiger partial charge in [0.15, 0.2) is 22.7 Å². The molecule has 0 aliphatic rings. The molecule has 0 amide bonds. The Morgan fingerprint density at radius 2 is 1.03 bits per heavy atom. The van der Waals surface area contributed by atoms with Crippen LogP contribution in [0.4, 0.5) is 0 Å². The van der Waals surface area contributed by atoms with Crippen LogP contribution in [0, 0.1) is 0 Å². The molecule has 7 nitrogen and oxygen atoms in total. The van der Waals surface area contributed by atoms with Crippen LogP contribution in [0.15, 0.2) is 91.2 Å². The number of halogens is 4. The van der Waals surface area contributed by atoms with Crippen molar-refractivity contribution >= 4 is 68.6 Å². The number of hydrogen-bond acceptors (Lipinski definition) is 5. The third-order valence-corrected chi connectivity index (χ3v) is 7.65. The highest BCUT2D eigenvalue weighted by Gasteiger charge is 2.20. The van der Waals surface area contributed by atoms with Gasteiger partial charge < -0.3 is 13.6 Å². The molecule has 0 fully saturated rings. The molecule has 39 heavy (non-hydrogen) atoms. The van der Waals surface area contributed by atoms with Crippen LogP contribution in [0.25, 0.3) is 22.2 Å². The quantitative estimate of drug-likeness (QED) is 0.193. The first-order valence-corrected chi connectivity index (χ1v) is 13.1. The SMILES string of the molecule is O=c1oc2cccc(Oc3cccc4oc(=O)n(Cc5ccc(Cl)c(Cl)c5)c34)c2n1Cc1ccc(Cl)c(Cl)c1. The molecule has 0 aliphatic heterocycles. The lowest BCUT2D eigenvalue weighted by Crippen LogP contribution is -2.16. The van der Waals surface area contributed by atoms with Crippen LogP contribution in [0.5, 0.6) is 11.5 Å². The van der Waals surface area contributed by atoms with E-state index in [2.05, 4.69) is 0 Å². The average Bonchev–Trinajstić information content (AvgIpc) is 3.40. The lowest BCUT2D eigenvalue weighted by molar-refractivity contribution is 0.486. The van der Waals surface area contributed by atoms with Crippen molar-refractivity contribution in [1.82, 2.24) is 9.13 Å². The van der Waals surface area contributed by atoms with E-state index in [9.17, 15) is 9.59 Å². The predicted molar refractivity (Wildman–Crippen MR) is 152 cm³/mol. The molecule has 0 radical (unpaired) electrons. The van der Waals surface area contributed by atoms with E-state index in [0.717, 1.165) is 11.1 Å². The van der Waals surface area contributed by atoms with Gasteiger partial charge in [0, 0.05) is 0 Å². The van der Waals surface area contributed by atoms with Crippen LogP contribution < -0.4 is 16.2 Å². The molecule has 0 saturated heterocycles. The normalized spacial score (nSPS) is 11.5. The molecule has 0 unspecified atom stereocenters. The molecule has 6 aromatic rings. The molecule has 0 atom stereocenters. The zero-order chi connectivity index (χ0) is 27.3. The number of aromatic nitrogens is 2. The summed E-state index contributed by atoms with van der Waals surface area (Å²) in [6.07, 6.45) is 0. The van der Waals surface area contributed by atoms with Crippen LogP contribution in [0.2, 0.25) is 20.1 Å². The van der Waals surface area contributed by atoms with Gasteiger partial charge in [0.1, 0.15) is 11.0 Å². The van der Waals surface area contributed by atoms with E-state index in [1.54, 1.807) is 72.8 Å². The maximum atomic E-state index is 12.8. The van der Waals surface area contributed by atoms with Crippen LogP contribution >= 0.6 is 46.4 Å². The van der Waals surface area contributed by atoms with Gasteiger partial charge in [-0.15, -0.1) is 0 Å². The highest BCUT2D eigenvalue weighted by atomic mass is 35.5. The van der Waals surface area contributed by atoms with Crippen LogP contribution in [0.1, 0.15) is 11.1 Å². The maximum absolute atomic E-state index is 12.8. The minimum absolute atomic E-state index is 0.168. The van der Waals surface area contributed by atoms with Gasteiger partial charge in [0.2, 0.25) is 0 Å². The first kappa shape index (κ1) is 25.6. The Morgan fingerprint density at radius 3 is 1.44 bits per heavy atom. The van der Waals surface area contributed by atoms with E-state index in [-0.39, 0.29) is 13.1 Å². The number of nitrogens with zero attached hydrogens (tertiary/aromatic N) is 2. The van der Waals surface area contributed by atoms with Crippen molar-refractivity contribution in [2.45, 2.75) is 13.1 Å². The molecular weight excluding hydrogens is 586 g/mol. The zero-order valence-corrected chi connectivity index (χ0v) is 22.8. The molecule has 0 spiro atoms. The van der Waals surface area contributed by atoms with Crippen LogP contribution in [0.3, 0.4) is 0 Å². The Hall–Kier alpha value is -3.62. The van der Waals surface area contributed by atoms with Crippen molar-refractivity contribution in [2.75, 3.05) is 0 Å². The number of ether oxygens (including phenoxy) is 1. The van der Waals surface area contributed by atoms with Gasteiger partial charge in [-0.2, -0.15) is 0 Å². The summed E-state index contributed by atoms with van der Waals surface area (Å²) in [7, 11) is 0. The van der Waals surface area contributed by atoms with Gasteiger partial charge >= 0.3 is 11.5 Å². The Bertz CT molecular complexity index is 1860. The monoisotopic (exact) mass is 600 g/mol. The third-order valence-electron chi connectivity index (χ3n) is 6.17. The van der Waals surface area contributed by atoms with Gasteiger partial charge in [-0.25, -0.2) is 9.59 Å². The second kappa shape index (κ2) is 10.2. The van der Waals surface area contributed by atoms with Gasteiger partial charge in [-0.3, -0.25) is 9.13 Å². The molecule has 2 heterocycles. The van der Waals surface area contributed by atoms with Crippen molar-refractivity contribution < 1.29 is 13.6 Å². The summed E-state index contributed by atoms with van der Waals surface area (Å²) in [5.74, 6) is -0.434. The summed E-state index contributed by atoms with van der Waals surface area (Å²) in [4.78, 5) is 25.7. The number of benzene rings is 4. The minimum Gasteiger partial charge on any atom is -0.453 e. The molecular formula is C28H16Cl4N2O5. The maximum Gasteiger partial charge on any atom is 0.420 e. The fourth-order valence-electron chi connectivity index (χ4n) is 4.39. The molecule has 0 aliphatic carbocycles. The largest absolute Gasteiger partial charge is 0.453 e. The van der Waals surface area contributed by atoms with Crippen LogP contribution in [-0.2, 0) is 13.1 Å². The number of rotatable bonds is 6. The van der Waals surface area contributed by atoms with Crippen molar-refractivity contribution in [3.8, 4) is 11.5 Å². The molecule has 2 aromatic heterocycles. The first-order valence-electron chi connectivity index (χ1n) is 11.6. The van der Waals surface area contributed by atoms with Crippen molar-refractivity contribution in [3.05, 3.63) is 125 Å². The Labute approximate surface area is 240 Å². The molecule has 0 saturated carbocycles. The van der Waals surface area contributed by atoms with Gasteiger partial charge in [0.25, 0.3) is 0 Å². The van der Waals surface area contributed by atoms with Crippen molar-refractivity contribution in [1.29, 1.82) is 0 Å². The highest BCUT2D eigenvalue weighted by Crippen LogP contribution is 2.35. The Kier molecular flexibility index (Phi) is 6.69. The lowest BCUT2D eigenvalue weighted by atomic mass is 10.2. The highest BCUT2D eigenvalue weighted by molar-refractivity contribution is 6.42.